The molecule has 0 spiro atoms. The van der Waals surface area contributed by atoms with E-state index in [9.17, 15) is 44.3 Å². The molecular weight excluding hydrogens is 552 g/mol. The standard InChI is InChI=1S/C21H23F6N3O5S2/c1-19(2,3)35-18(32)28-5-4-16(31)29-17-30(14-9-37(33,34)10-15(14)36-17)13-7-11(20(22,23)24)6-12(8-13)21(25,26)27/h6-8,14-15H,4-5,9-10H2,1-3H3,(H,28,32)/t14-,15-/m0/s1. The van der Waals surface area contributed by atoms with Gasteiger partial charge in [-0.3, -0.25) is 4.79 Å². The minimum Gasteiger partial charge on any atom is -0.444 e. The van der Waals surface area contributed by atoms with E-state index in [1.165, 1.54) is 0 Å². The molecule has 2 fully saturated rings. The molecule has 0 bridgehead atoms. The lowest BCUT2D eigenvalue weighted by atomic mass is 10.1. The number of amidine groups is 1. The summed E-state index contributed by atoms with van der Waals surface area (Å²) in [7, 11) is -3.62. The van der Waals surface area contributed by atoms with E-state index in [1.54, 1.807) is 20.8 Å². The average Bonchev–Trinajstić information content (AvgIpc) is 3.15. The largest absolute Gasteiger partial charge is 0.444 e. The topological polar surface area (TPSA) is 105 Å². The van der Waals surface area contributed by atoms with Crippen LogP contribution in [0.1, 0.15) is 38.3 Å². The van der Waals surface area contributed by atoms with Crippen LogP contribution in [0.15, 0.2) is 23.2 Å². The highest BCUT2D eigenvalue weighted by Gasteiger charge is 2.50. The molecule has 0 aliphatic carbocycles. The van der Waals surface area contributed by atoms with E-state index >= 15 is 0 Å². The lowest BCUT2D eigenvalue weighted by Gasteiger charge is -2.26. The van der Waals surface area contributed by atoms with Crippen LogP contribution < -0.4 is 10.2 Å². The first-order chi connectivity index (χ1) is 16.7. The van der Waals surface area contributed by atoms with Gasteiger partial charge in [-0.05, 0) is 39.0 Å². The summed E-state index contributed by atoms with van der Waals surface area (Å²) in [4.78, 5) is 28.9. The molecule has 2 amide bonds. The summed E-state index contributed by atoms with van der Waals surface area (Å²) in [5, 5.41) is 1.36. The Balaban J connectivity index is 1.92. The zero-order valence-electron chi connectivity index (χ0n) is 19.7. The molecule has 2 atom stereocenters. The smallest absolute Gasteiger partial charge is 0.416 e. The van der Waals surface area contributed by atoms with Crippen LogP contribution in [0.25, 0.3) is 0 Å². The number of aliphatic imine (C=N–C) groups is 1. The summed E-state index contributed by atoms with van der Waals surface area (Å²) < 4.78 is 110. The van der Waals surface area contributed by atoms with E-state index < -0.39 is 73.7 Å². The van der Waals surface area contributed by atoms with Crippen LogP contribution >= 0.6 is 11.8 Å². The van der Waals surface area contributed by atoms with Crippen LogP contribution in [0.3, 0.4) is 0 Å². The van der Waals surface area contributed by atoms with Gasteiger partial charge in [-0.25, -0.2) is 13.2 Å². The van der Waals surface area contributed by atoms with Gasteiger partial charge in [0.2, 0.25) is 5.91 Å². The van der Waals surface area contributed by atoms with E-state index in [4.69, 9.17) is 4.74 Å². The Hall–Kier alpha value is -2.49. The van der Waals surface area contributed by atoms with Crippen molar-refractivity contribution in [1.29, 1.82) is 0 Å². The van der Waals surface area contributed by atoms with E-state index in [0.29, 0.717) is 12.1 Å². The molecule has 0 radical (unpaired) electrons. The Bertz CT molecular complexity index is 1180. The van der Waals surface area contributed by atoms with Crippen molar-refractivity contribution >= 4 is 44.5 Å². The predicted molar refractivity (Wildman–Crippen MR) is 124 cm³/mol. The maximum atomic E-state index is 13.4. The average molecular weight is 576 g/mol. The number of amides is 2. The van der Waals surface area contributed by atoms with Gasteiger partial charge in [-0.1, -0.05) is 11.8 Å². The number of benzene rings is 1. The van der Waals surface area contributed by atoms with Crippen molar-refractivity contribution in [1.82, 2.24) is 5.32 Å². The first-order valence-electron chi connectivity index (χ1n) is 10.8. The molecule has 37 heavy (non-hydrogen) atoms. The summed E-state index contributed by atoms with van der Waals surface area (Å²) in [6, 6.07) is -0.133. The molecule has 0 aromatic heterocycles. The molecule has 8 nitrogen and oxygen atoms in total. The fraction of sp³-hybridized carbons (Fsp3) is 0.571. The third kappa shape index (κ3) is 7.52. The first kappa shape index (κ1) is 29.1. The molecule has 1 N–H and O–H groups in total. The van der Waals surface area contributed by atoms with Gasteiger partial charge in [0.1, 0.15) is 5.60 Å². The van der Waals surface area contributed by atoms with Crippen molar-refractivity contribution in [3.8, 4) is 0 Å². The summed E-state index contributed by atoms with van der Waals surface area (Å²) in [6.45, 7) is 4.69. The second kappa shape index (κ2) is 10.0. The lowest BCUT2D eigenvalue weighted by Crippen LogP contribution is -2.38. The van der Waals surface area contributed by atoms with E-state index in [2.05, 4.69) is 10.3 Å². The number of carbonyl (C=O) groups excluding carboxylic acids is 2. The lowest BCUT2D eigenvalue weighted by molar-refractivity contribution is -0.143. The number of hydrogen-bond acceptors (Lipinski definition) is 6. The SMILES string of the molecule is CC(C)(C)OC(=O)NCCC(=O)N=C1S[C@H]2CS(=O)(=O)C[C@@H]2N1c1cc(C(F)(F)F)cc(C(F)(F)F)c1. The van der Waals surface area contributed by atoms with E-state index in [0.717, 1.165) is 16.7 Å². The minimum atomic E-state index is -5.12. The van der Waals surface area contributed by atoms with Crippen LogP contribution in [0.4, 0.5) is 36.8 Å². The van der Waals surface area contributed by atoms with Crippen LogP contribution in [0, 0.1) is 0 Å². The molecule has 2 aliphatic rings. The normalized spacial score (nSPS) is 22.7. The zero-order chi connectivity index (χ0) is 28.0. The van der Waals surface area contributed by atoms with Crippen molar-refractivity contribution < 1.29 is 49.1 Å². The number of sulfone groups is 1. The highest BCUT2D eigenvalue weighted by atomic mass is 32.2. The number of anilines is 1. The van der Waals surface area contributed by atoms with Crippen molar-refractivity contribution in [3.63, 3.8) is 0 Å². The van der Waals surface area contributed by atoms with Crippen LogP contribution in [-0.2, 0) is 31.7 Å². The predicted octanol–water partition coefficient (Wildman–Crippen LogP) is 4.24. The Kier molecular flexibility index (Phi) is 7.86. The highest BCUT2D eigenvalue weighted by Crippen LogP contribution is 2.44. The molecule has 3 rings (SSSR count). The van der Waals surface area contributed by atoms with Gasteiger partial charge in [0, 0.05) is 23.9 Å². The van der Waals surface area contributed by atoms with Gasteiger partial charge in [0.05, 0.1) is 28.7 Å². The second-order valence-corrected chi connectivity index (χ2v) is 12.8. The summed E-state index contributed by atoms with van der Waals surface area (Å²) in [6.07, 6.45) is -11.4. The molecule has 2 saturated heterocycles. The van der Waals surface area contributed by atoms with Crippen LogP contribution in [0.2, 0.25) is 0 Å². The second-order valence-electron chi connectivity index (χ2n) is 9.40. The van der Waals surface area contributed by atoms with Gasteiger partial charge in [-0.2, -0.15) is 31.3 Å². The number of alkyl carbamates (subject to hydrolysis) is 1. The molecule has 2 heterocycles. The summed E-state index contributed by atoms with van der Waals surface area (Å²) >= 11 is 0.791. The first-order valence-corrected chi connectivity index (χ1v) is 13.5. The molecule has 0 saturated carbocycles. The quantitative estimate of drug-likeness (QED) is 0.536. The maximum absolute atomic E-state index is 13.4. The number of rotatable bonds is 4. The van der Waals surface area contributed by atoms with Crippen molar-refractivity contribution in [2.45, 2.75) is 56.4 Å². The number of carbonyl (C=O) groups is 2. The minimum absolute atomic E-state index is 0.0418. The monoisotopic (exact) mass is 575 g/mol. The zero-order valence-corrected chi connectivity index (χ0v) is 21.4. The summed E-state index contributed by atoms with van der Waals surface area (Å²) in [5.41, 5.74) is -4.54. The number of ether oxygens (including phenoxy) is 1. The van der Waals surface area contributed by atoms with E-state index in [-0.39, 0.29) is 30.0 Å². The third-order valence-electron chi connectivity index (χ3n) is 5.14. The fourth-order valence-corrected chi connectivity index (χ4v) is 7.62. The highest BCUT2D eigenvalue weighted by molar-refractivity contribution is 8.16. The van der Waals surface area contributed by atoms with Crippen LogP contribution in [-0.4, -0.2) is 60.5 Å². The molecular formula is C21H23F6N3O5S2. The maximum Gasteiger partial charge on any atom is 0.416 e. The number of nitrogens with zero attached hydrogens (tertiary/aromatic N) is 2. The van der Waals surface area contributed by atoms with Crippen molar-refractivity contribution in [2.75, 3.05) is 23.0 Å². The molecule has 0 unspecified atom stereocenters. The number of hydrogen-bond donors (Lipinski definition) is 1. The fourth-order valence-electron chi connectivity index (χ4n) is 3.69. The number of alkyl halides is 6. The van der Waals surface area contributed by atoms with Gasteiger partial charge in [0.15, 0.2) is 15.0 Å². The number of fused-ring (bicyclic) bond motifs is 1. The van der Waals surface area contributed by atoms with Crippen molar-refractivity contribution in [2.24, 2.45) is 4.99 Å². The molecule has 16 heteroatoms. The molecule has 206 valence electrons. The molecule has 2 aliphatic heterocycles. The number of nitrogens with one attached hydrogen (secondary N) is 1. The Morgan fingerprint density at radius 3 is 2.14 bits per heavy atom. The number of thioether (sulfide) groups is 1. The Morgan fingerprint density at radius 2 is 1.62 bits per heavy atom. The third-order valence-corrected chi connectivity index (χ3v) is 8.35. The Labute approximate surface area is 212 Å². The van der Waals surface area contributed by atoms with Gasteiger partial charge in [-0.15, -0.1) is 0 Å². The molecule has 1 aromatic carbocycles. The molecule has 1 aromatic rings. The summed E-state index contributed by atoms with van der Waals surface area (Å²) in [5.74, 6) is -1.73. The van der Waals surface area contributed by atoms with Crippen LogP contribution in [0.5, 0.6) is 0 Å². The Morgan fingerprint density at radius 1 is 1.05 bits per heavy atom. The van der Waals surface area contributed by atoms with Gasteiger partial charge in [0.25, 0.3) is 0 Å². The number of halogens is 6. The van der Waals surface area contributed by atoms with Gasteiger partial charge < -0.3 is 15.0 Å². The van der Waals surface area contributed by atoms with Crippen molar-refractivity contribution in [3.05, 3.63) is 29.3 Å². The van der Waals surface area contributed by atoms with Gasteiger partial charge >= 0.3 is 18.4 Å². The van der Waals surface area contributed by atoms with E-state index in [1.807, 2.05) is 0 Å².